The van der Waals surface area contributed by atoms with E-state index in [1.807, 2.05) is 60.7 Å². The van der Waals surface area contributed by atoms with Crippen molar-refractivity contribution in [3.8, 4) is 0 Å². The van der Waals surface area contributed by atoms with Gasteiger partial charge in [-0.15, -0.1) is 0 Å². The number of rotatable bonds is 7. The SMILES string of the molecule is O[C@@H]([C@@H](c1ccccc1)N(Cc1ccccc1)Cc1ccccc1)C(F)(F)F. The van der Waals surface area contributed by atoms with Crippen molar-refractivity contribution in [2.45, 2.75) is 31.4 Å². The van der Waals surface area contributed by atoms with E-state index in [-0.39, 0.29) is 13.1 Å². The Hall–Kier alpha value is -2.63. The highest BCUT2D eigenvalue weighted by molar-refractivity contribution is 5.24. The van der Waals surface area contributed by atoms with E-state index in [4.69, 9.17) is 0 Å². The highest BCUT2D eigenvalue weighted by Gasteiger charge is 2.46. The summed E-state index contributed by atoms with van der Waals surface area (Å²) in [5.74, 6) is 0. The monoisotopic (exact) mass is 385 g/mol. The van der Waals surface area contributed by atoms with Crippen LogP contribution in [0.4, 0.5) is 13.2 Å². The first-order valence-corrected chi connectivity index (χ1v) is 9.07. The van der Waals surface area contributed by atoms with Crippen molar-refractivity contribution in [2.24, 2.45) is 0 Å². The van der Waals surface area contributed by atoms with E-state index < -0.39 is 18.3 Å². The summed E-state index contributed by atoms with van der Waals surface area (Å²) in [6.07, 6.45) is -7.23. The maximum Gasteiger partial charge on any atom is 0.416 e. The Morgan fingerprint density at radius 1 is 0.679 bits per heavy atom. The van der Waals surface area contributed by atoms with Crippen LogP contribution in [-0.4, -0.2) is 22.3 Å². The van der Waals surface area contributed by atoms with Gasteiger partial charge in [-0.25, -0.2) is 0 Å². The van der Waals surface area contributed by atoms with Gasteiger partial charge in [-0.05, 0) is 16.7 Å². The highest BCUT2D eigenvalue weighted by Crippen LogP contribution is 2.36. The lowest BCUT2D eigenvalue weighted by Crippen LogP contribution is -2.43. The second kappa shape index (κ2) is 9.04. The molecule has 0 fully saturated rings. The Kier molecular flexibility index (Phi) is 6.49. The van der Waals surface area contributed by atoms with Crippen LogP contribution in [0.2, 0.25) is 0 Å². The van der Waals surface area contributed by atoms with Crippen molar-refractivity contribution in [2.75, 3.05) is 0 Å². The minimum atomic E-state index is -4.73. The number of hydrogen-bond donors (Lipinski definition) is 1. The number of hydrogen-bond acceptors (Lipinski definition) is 2. The molecule has 0 unspecified atom stereocenters. The Labute approximate surface area is 162 Å². The van der Waals surface area contributed by atoms with E-state index in [2.05, 4.69) is 0 Å². The van der Waals surface area contributed by atoms with Crippen molar-refractivity contribution in [1.29, 1.82) is 0 Å². The van der Waals surface area contributed by atoms with Gasteiger partial charge in [0.1, 0.15) is 0 Å². The number of nitrogens with zero attached hydrogens (tertiary/aromatic N) is 1. The van der Waals surface area contributed by atoms with Gasteiger partial charge in [-0.3, -0.25) is 4.90 Å². The van der Waals surface area contributed by atoms with Gasteiger partial charge in [0, 0.05) is 13.1 Å². The van der Waals surface area contributed by atoms with Gasteiger partial charge in [0.15, 0.2) is 6.10 Å². The molecule has 3 rings (SSSR count). The van der Waals surface area contributed by atoms with Crippen molar-refractivity contribution in [3.05, 3.63) is 108 Å². The van der Waals surface area contributed by atoms with Gasteiger partial charge in [-0.2, -0.15) is 13.2 Å². The first-order chi connectivity index (χ1) is 13.4. The van der Waals surface area contributed by atoms with Crippen LogP contribution in [0.3, 0.4) is 0 Å². The minimum Gasteiger partial charge on any atom is -0.382 e. The van der Waals surface area contributed by atoms with E-state index >= 15 is 0 Å². The molecule has 146 valence electrons. The third kappa shape index (κ3) is 5.21. The van der Waals surface area contributed by atoms with Crippen LogP contribution >= 0.6 is 0 Å². The highest BCUT2D eigenvalue weighted by atomic mass is 19.4. The van der Waals surface area contributed by atoms with E-state index in [0.29, 0.717) is 5.56 Å². The van der Waals surface area contributed by atoms with E-state index in [9.17, 15) is 18.3 Å². The normalized spacial score (nSPS) is 14.0. The van der Waals surface area contributed by atoms with Crippen LogP contribution in [0.5, 0.6) is 0 Å². The number of halogens is 3. The summed E-state index contributed by atoms with van der Waals surface area (Å²) in [5, 5.41) is 10.3. The van der Waals surface area contributed by atoms with Crippen LogP contribution in [0.1, 0.15) is 22.7 Å². The summed E-state index contributed by atoms with van der Waals surface area (Å²) in [6, 6.07) is 25.8. The zero-order chi connectivity index (χ0) is 20.0. The van der Waals surface area contributed by atoms with Crippen molar-refractivity contribution in [1.82, 2.24) is 4.90 Å². The molecule has 28 heavy (non-hydrogen) atoms. The summed E-state index contributed by atoms with van der Waals surface area (Å²) in [6.45, 7) is 0.560. The molecule has 3 aromatic carbocycles. The predicted molar refractivity (Wildman–Crippen MR) is 103 cm³/mol. The van der Waals surface area contributed by atoms with E-state index in [1.165, 1.54) is 0 Å². The molecule has 0 bridgehead atoms. The average Bonchev–Trinajstić information content (AvgIpc) is 2.70. The molecule has 0 spiro atoms. The van der Waals surface area contributed by atoms with Gasteiger partial charge >= 0.3 is 6.18 Å². The van der Waals surface area contributed by atoms with Gasteiger partial charge in [0.25, 0.3) is 0 Å². The predicted octanol–water partition coefficient (Wildman–Crippen LogP) is 5.35. The molecule has 0 aromatic heterocycles. The number of aliphatic hydroxyl groups is 1. The molecule has 0 radical (unpaired) electrons. The molecule has 3 aromatic rings. The second-order valence-electron chi connectivity index (χ2n) is 6.72. The molecule has 0 saturated heterocycles. The molecule has 2 atom stereocenters. The van der Waals surface area contributed by atoms with Crippen LogP contribution < -0.4 is 0 Å². The van der Waals surface area contributed by atoms with Gasteiger partial charge in [0.2, 0.25) is 0 Å². The van der Waals surface area contributed by atoms with E-state index in [1.54, 1.807) is 35.2 Å². The van der Waals surface area contributed by atoms with Crippen molar-refractivity contribution < 1.29 is 18.3 Å². The Morgan fingerprint density at radius 2 is 1.07 bits per heavy atom. The maximum atomic E-state index is 13.5. The largest absolute Gasteiger partial charge is 0.416 e. The topological polar surface area (TPSA) is 23.5 Å². The molecule has 0 saturated carbocycles. The minimum absolute atomic E-state index is 0.280. The fraction of sp³-hybridized carbons (Fsp3) is 0.217. The van der Waals surface area contributed by atoms with Gasteiger partial charge in [-0.1, -0.05) is 91.0 Å². The first-order valence-electron chi connectivity index (χ1n) is 9.07. The summed E-state index contributed by atoms with van der Waals surface area (Å²) < 4.78 is 40.6. The van der Waals surface area contributed by atoms with Crippen LogP contribution in [0.25, 0.3) is 0 Å². The summed E-state index contributed by atoms with van der Waals surface area (Å²) in [4.78, 5) is 1.68. The van der Waals surface area contributed by atoms with Crippen molar-refractivity contribution in [3.63, 3.8) is 0 Å². The quantitative estimate of drug-likeness (QED) is 0.592. The fourth-order valence-electron chi connectivity index (χ4n) is 3.31. The van der Waals surface area contributed by atoms with Crippen LogP contribution in [0.15, 0.2) is 91.0 Å². The third-order valence-corrected chi connectivity index (χ3v) is 4.63. The third-order valence-electron chi connectivity index (χ3n) is 4.63. The molecule has 5 heteroatoms. The second-order valence-corrected chi connectivity index (χ2v) is 6.72. The lowest BCUT2D eigenvalue weighted by Gasteiger charge is -2.36. The fourth-order valence-corrected chi connectivity index (χ4v) is 3.31. The summed E-state index contributed by atoms with van der Waals surface area (Å²) >= 11 is 0. The molecular formula is C23H22F3NO. The first kappa shape index (κ1) is 20.1. The Morgan fingerprint density at radius 3 is 1.46 bits per heavy atom. The molecule has 1 N–H and O–H groups in total. The standard InChI is InChI=1S/C23H22F3NO/c24-23(25,26)22(28)21(20-14-8-3-9-15-20)27(16-18-10-4-1-5-11-18)17-19-12-6-2-7-13-19/h1-15,21-22,28H,16-17H2/t21-,22+/m1/s1. The number of alkyl halides is 3. The molecule has 0 aliphatic carbocycles. The molecular weight excluding hydrogens is 363 g/mol. The summed E-state index contributed by atoms with van der Waals surface area (Å²) in [7, 11) is 0. The van der Waals surface area contributed by atoms with Gasteiger partial charge < -0.3 is 5.11 Å². The molecule has 0 aliphatic heterocycles. The molecule has 2 nitrogen and oxygen atoms in total. The smallest absolute Gasteiger partial charge is 0.382 e. The zero-order valence-corrected chi connectivity index (χ0v) is 15.3. The van der Waals surface area contributed by atoms with Crippen LogP contribution in [-0.2, 0) is 13.1 Å². The van der Waals surface area contributed by atoms with E-state index in [0.717, 1.165) is 11.1 Å². The van der Waals surface area contributed by atoms with Crippen LogP contribution in [0, 0.1) is 0 Å². The maximum absolute atomic E-state index is 13.5. The lowest BCUT2D eigenvalue weighted by molar-refractivity contribution is -0.224. The zero-order valence-electron chi connectivity index (χ0n) is 15.3. The lowest BCUT2D eigenvalue weighted by atomic mass is 9.97. The average molecular weight is 385 g/mol. The number of benzene rings is 3. The Bertz CT molecular complexity index is 796. The van der Waals surface area contributed by atoms with Gasteiger partial charge in [0.05, 0.1) is 6.04 Å². The van der Waals surface area contributed by atoms with Crippen molar-refractivity contribution >= 4 is 0 Å². The summed E-state index contributed by atoms with van der Waals surface area (Å²) in [5.41, 5.74) is 2.20. The number of aliphatic hydroxyl groups excluding tert-OH is 1. The Balaban J connectivity index is 2.01. The molecule has 0 aliphatic rings. The molecule has 0 amide bonds. The molecule has 0 heterocycles.